The van der Waals surface area contributed by atoms with E-state index in [4.69, 9.17) is 13.9 Å². The Balaban J connectivity index is 1.71. The zero-order chi connectivity index (χ0) is 20.1. The van der Waals surface area contributed by atoms with Crippen LogP contribution in [0.25, 0.3) is 11.5 Å². The fraction of sp³-hybridized carbons (Fsp3) is 0.211. The molecule has 3 aromatic rings. The minimum absolute atomic E-state index is 0.000497. The van der Waals surface area contributed by atoms with Crippen LogP contribution in [0, 0.1) is 5.82 Å². The summed E-state index contributed by atoms with van der Waals surface area (Å²) in [7, 11) is 1.50. The Morgan fingerprint density at radius 2 is 1.96 bits per heavy atom. The summed E-state index contributed by atoms with van der Waals surface area (Å²) in [5.74, 6) is -0.668. The third-order valence-corrected chi connectivity index (χ3v) is 3.74. The van der Waals surface area contributed by atoms with Crippen LogP contribution in [-0.2, 0) is 11.3 Å². The van der Waals surface area contributed by atoms with Gasteiger partial charge >= 0.3 is 5.76 Å². The second kappa shape index (κ2) is 8.38. The molecule has 0 bridgehead atoms. The highest BCUT2D eigenvalue weighted by atomic mass is 19.1. The standard InChI is InChI=1S/C19H18FN3O5/c1-3-27-15-9-8-14(10-16(15)26-2)21-17(24)11-23-19(25)28-18(22-23)12-4-6-13(20)7-5-12/h4-10H,3,11H2,1-2H3,(H,21,24). The Hall–Kier alpha value is -3.62. The van der Waals surface area contributed by atoms with Gasteiger partial charge in [-0.05, 0) is 43.3 Å². The maximum Gasteiger partial charge on any atom is 0.437 e. The van der Waals surface area contributed by atoms with Crippen LogP contribution in [0.4, 0.5) is 10.1 Å². The summed E-state index contributed by atoms with van der Waals surface area (Å²) in [5, 5.41) is 6.63. The molecule has 0 saturated heterocycles. The SMILES string of the molecule is CCOc1ccc(NC(=O)Cn2nc(-c3ccc(F)cc3)oc2=O)cc1OC. The van der Waals surface area contributed by atoms with Crippen molar-refractivity contribution in [3.05, 3.63) is 58.8 Å². The number of carbonyl (C=O) groups excluding carboxylic acids is 1. The summed E-state index contributed by atoms with van der Waals surface area (Å²) in [4.78, 5) is 24.2. The van der Waals surface area contributed by atoms with Gasteiger partial charge in [-0.3, -0.25) is 4.79 Å². The van der Waals surface area contributed by atoms with E-state index in [0.29, 0.717) is 29.4 Å². The highest BCUT2D eigenvalue weighted by Crippen LogP contribution is 2.30. The van der Waals surface area contributed by atoms with E-state index in [9.17, 15) is 14.0 Å². The van der Waals surface area contributed by atoms with Crippen LogP contribution in [0.5, 0.6) is 11.5 Å². The van der Waals surface area contributed by atoms with E-state index in [1.54, 1.807) is 18.2 Å². The van der Waals surface area contributed by atoms with E-state index in [2.05, 4.69) is 10.4 Å². The molecule has 2 aromatic carbocycles. The van der Waals surface area contributed by atoms with Crippen molar-refractivity contribution < 1.29 is 23.1 Å². The van der Waals surface area contributed by atoms with Crippen molar-refractivity contribution >= 4 is 11.6 Å². The molecular formula is C19H18FN3O5. The molecule has 0 fully saturated rings. The number of benzene rings is 2. The fourth-order valence-electron chi connectivity index (χ4n) is 2.47. The Bertz CT molecular complexity index is 1030. The molecule has 0 saturated carbocycles. The molecule has 3 rings (SSSR count). The predicted molar refractivity (Wildman–Crippen MR) is 98.9 cm³/mol. The van der Waals surface area contributed by atoms with E-state index in [1.165, 1.54) is 31.4 Å². The quantitative estimate of drug-likeness (QED) is 0.670. The molecule has 146 valence electrons. The van der Waals surface area contributed by atoms with Gasteiger partial charge in [0.15, 0.2) is 11.5 Å². The molecule has 1 aromatic heterocycles. The minimum atomic E-state index is -0.793. The summed E-state index contributed by atoms with van der Waals surface area (Å²) in [6.45, 7) is 1.98. The molecule has 0 atom stereocenters. The number of nitrogens with one attached hydrogen (secondary N) is 1. The van der Waals surface area contributed by atoms with Crippen LogP contribution in [0.2, 0.25) is 0 Å². The molecule has 0 aliphatic heterocycles. The zero-order valence-electron chi connectivity index (χ0n) is 15.3. The number of hydrogen-bond acceptors (Lipinski definition) is 6. The summed E-state index contributed by atoms with van der Waals surface area (Å²) in [5.41, 5.74) is 0.898. The van der Waals surface area contributed by atoms with Crippen LogP contribution in [0.15, 0.2) is 51.7 Å². The second-order valence-corrected chi connectivity index (χ2v) is 5.68. The average molecular weight is 387 g/mol. The first-order valence-electron chi connectivity index (χ1n) is 8.44. The number of ether oxygens (including phenoxy) is 2. The van der Waals surface area contributed by atoms with Crippen molar-refractivity contribution in [2.24, 2.45) is 0 Å². The predicted octanol–water partition coefficient (Wildman–Crippen LogP) is 2.69. The fourth-order valence-corrected chi connectivity index (χ4v) is 2.47. The number of anilines is 1. The number of nitrogens with zero attached hydrogens (tertiary/aromatic N) is 2. The summed E-state index contributed by atoms with van der Waals surface area (Å²) < 4.78 is 29.6. The summed E-state index contributed by atoms with van der Waals surface area (Å²) in [6.07, 6.45) is 0. The number of hydrogen-bond donors (Lipinski definition) is 1. The summed E-state index contributed by atoms with van der Waals surface area (Å²) in [6, 6.07) is 10.2. The Labute approximate surface area is 159 Å². The van der Waals surface area contributed by atoms with Crippen molar-refractivity contribution in [1.82, 2.24) is 9.78 Å². The van der Waals surface area contributed by atoms with Gasteiger partial charge in [-0.2, -0.15) is 4.68 Å². The van der Waals surface area contributed by atoms with Gasteiger partial charge in [-0.1, -0.05) is 0 Å². The molecular weight excluding hydrogens is 369 g/mol. The molecule has 0 unspecified atom stereocenters. The van der Waals surface area contributed by atoms with Gasteiger partial charge in [0.2, 0.25) is 11.8 Å². The van der Waals surface area contributed by atoms with Gasteiger partial charge in [0, 0.05) is 17.3 Å². The molecule has 1 N–H and O–H groups in total. The van der Waals surface area contributed by atoms with Gasteiger partial charge in [-0.25, -0.2) is 9.18 Å². The monoisotopic (exact) mass is 387 g/mol. The molecule has 8 nitrogen and oxygen atoms in total. The van der Waals surface area contributed by atoms with Gasteiger partial charge < -0.3 is 19.2 Å². The molecule has 0 aliphatic rings. The first-order valence-corrected chi connectivity index (χ1v) is 8.44. The van der Waals surface area contributed by atoms with E-state index in [-0.39, 0.29) is 12.4 Å². The molecule has 28 heavy (non-hydrogen) atoms. The maximum absolute atomic E-state index is 13.0. The lowest BCUT2D eigenvalue weighted by Crippen LogP contribution is -2.25. The zero-order valence-corrected chi connectivity index (χ0v) is 15.3. The van der Waals surface area contributed by atoms with Gasteiger partial charge in [0.1, 0.15) is 12.4 Å². The lowest BCUT2D eigenvalue weighted by atomic mass is 10.2. The number of halogens is 1. The molecule has 9 heteroatoms. The van der Waals surface area contributed by atoms with Gasteiger partial charge in [-0.15, -0.1) is 5.10 Å². The van der Waals surface area contributed by atoms with Crippen LogP contribution in [-0.4, -0.2) is 29.4 Å². The van der Waals surface area contributed by atoms with E-state index in [0.717, 1.165) is 4.68 Å². The van der Waals surface area contributed by atoms with Gasteiger partial charge in [0.25, 0.3) is 0 Å². The third-order valence-electron chi connectivity index (χ3n) is 3.74. The number of methoxy groups -OCH3 is 1. The van der Waals surface area contributed by atoms with Crippen molar-refractivity contribution in [3.8, 4) is 23.0 Å². The molecule has 0 radical (unpaired) electrons. The number of amides is 1. The minimum Gasteiger partial charge on any atom is -0.493 e. The smallest absolute Gasteiger partial charge is 0.437 e. The number of carbonyl (C=O) groups is 1. The average Bonchev–Trinajstić information content (AvgIpc) is 3.04. The van der Waals surface area contributed by atoms with Crippen LogP contribution in [0.3, 0.4) is 0 Å². The normalized spacial score (nSPS) is 10.5. The van der Waals surface area contributed by atoms with Crippen LogP contribution < -0.4 is 20.5 Å². The Kier molecular flexibility index (Phi) is 5.73. The largest absolute Gasteiger partial charge is 0.493 e. The topological polar surface area (TPSA) is 95.6 Å². The molecule has 0 aliphatic carbocycles. The number of aromatic nitrogens is 2. The first kappa shape index (κ1) is 19.2. The van der Waals surface area contributed by atoms with Gasteiger partial charge in [0.05, 0.1) is 13.7 Å². The molecule has 1 heterocycles. The highest BCUT2D eigenvalue weighted by Gasteiger charge is 2.14. The Morgan fingerprint density at radius 1 is 1.21 bits per heavy atom. The number of rotatable bonds is 7. The van der Waals surface area contributed by atoms with Crippen molar-refractivity contribution in [3.63, 3.8) is 0 Å². The lowest BCUT2D eigenvalue weighted by Gasteiger charge is -2.11. The molecule has 1 amide bonds. The van der Waals surface area contributed by atoms with Crippen molar-refractivity contribution in [2.45, 2.75) is 13.5 Å². The van der Waals surface area contributed by atoms with Crippen molar-refractivity contribution in [1.29, 1.82) is 0 Å². The van der Waals surface area contributed by atoms with E-state index in [1.807, 2.05) is 6.92 Å². The van der Waals surface area contributed by atoms with E-state index >= 15 is 0 Å². The Morgan fingerprint density at radius 3 is 2.64 bits per heavy atom. The lowest BCUT2D eigenvalue weighted by molar-refractivity contribution is -0.117. The van der Waals surface area contributed by atoms with Crippen molar-refractivity contribution in [2.75, 3.05) is 19.0 Å². The second-order valence-electron chi connectivity index (χ2n) is 5.68. The van der Waals surface area contributed by atoms with Crippen LogP contribution >= 0.6 is 0 Å². The summed E-state index contributed by atoms with van der Waals surface area (Å²) >= 11 is 0. The first-order chi connectivity index (χ1) is 13.5. The van der Waals surface area contributed by atoms with E-state index < -0.39 is 17.5 Å². The third kappa shape index (κ3) is 4.37. The highest BCUT2D eigenvalue weighted by molar-refractivity contribution is 5.90. The maximum atomic E-state index is 13.0. The van der Waals surface area contributed by atoms with Crippen LogP contribution in [0.1, 0.15) is 6.92 Å². The molecule has 0 spiro atoms.